The number of nitrogens with zero attached hydrogens (tertiary/aromatic N) is 1. The Morgan fingerprint density at radius 3 is 3.00 bits per heavy atom. The highest BCUT2D eigenvalue weighted by atomic mass is 35.5. The summed E-state index contributed by atoms with van der Waals surface area (Å²) in [5.74, 6) is 0.934. The molecule has 15 heavy (non-hydrogen) atoms. The standard InChI is InChI=1S/C10H12ClNO2S/c1-2-14-10(13)7-15-6-8-3-4-9(11)12-5-8/h3-5H,2,6-7H2,1H3. The second kappa shape index (κ2) is 6.69. The van der Waals surface area contributed by atoms with Gasteiger partial charge >= 0.3 is 5.97 Å². The van der Waals surface area contributed by atoms with E-state index in [0.29, 0.717) is 17.5 Å². The largest absolute Gasteiger partial charge is 0.465 e. The Kier molecular flexibility index (Phi) is 5.50. The van der Waals surface area contributed by atoms with E-state index in [1.807, 2.05) is 6.07 Å². The van der Waals surface area contributed by atoms with Crippen molar-refractivity contribution in [2.45, 2.75) is 12.7 Å². The van der Waals surface area contributed by atoms with Crippen LogP contribution in [0.5, 0.6) is 0 Å². The maximum atomic E-state index is 11.0. The van der Waals surface area contributed by atoms with Crippen LogP contribution in [0, 0.1) is 0 Å². The highest BCUT2D eigenvalue weighted by molar-refractivity contribution is 7.99. The maximum Gasteiger partial charge on any atom is 0.315 e. The Morgan fingerprint density at radius 1 is 1.60 bits per heavy atom. The maximum absolute atomic E-state index is 11.0. The van der Waals surface area contributed by atoms with Crippen molar-refractivity contribution < 1.29 is 9.53 Å². The lowest BCUT2D eigenvalue weighted by Gasteiger charge is -2.01. The molecule has 0 aliphatic heterocycles. The fourth-order valence-corrected chi connectivity index (χ4v) is 1.82. The van der Waals surface area contributed by atoms with Gasteiger partial charge in [0.1, 0.15) is 5.15 Å². The van der Waals surface area contributed by atoms with Crippen molar-refractivity contribution in [1.82, 2.24) is 4.98 Å². The molecule has 0 bridgehead atoms. The highest BCUT2D eigenvalue weighted by Crippen LogP contribution is 2.13. The Balaban J connectivity index is 2.26. The minimum Gasteiger partial charge on any atom is -0.465 e. The molecule has 0 amide bonds. The molecule has 1 aromatic heterocycles. The lowest BCUT2D eigenvalue weighted by atomic mass is 10.3. The van der Waals surface area contributed by atoms with Crippen LogP contribution < -0.4 is 0 Å². The molecule has 3 nitrogen and oxygen atoms in total. The molecule has 1 rings (SSSR count). The summed E-state index contributed by atoms with van der Waals surface area (Å²) >= 11 is 7.15. The van der Waals surface area contributed by atoms with Gasteiger partial charge in [-0.2, -0.15) is 0 Å². The first-order chi connectivity index (χ1) is 7.22. The lowest BCUT2D eigenvalue weighted by molar-refractivity contribution is -0.139. The van der Waals surface area contributed by atoms with Crippen LogP contribution in [-0.4, -0.2) is 23.3 Å². The number of ether oxygens (including phenoxy) is 1. The molecule has 0 atom stereocenters. The van der Waals surface area contributed by atoms with Gasteiger partial charge in [0, 0.05) is 11.9 Å². The molecule has 0 spiro atoms. The molecule has 0 saturated heterocycles. The van der Waals surface area contributed by atoms with E-state index in [0.717, 1.165) is 11.3 Å². The molecule has 0 fully saturated rings. The van der Waals surface area contributed by atoms with Gasteiger partial charge in [0.15, 0.2) is 0 Å². The predicted molar refractivity (Wildman–Crippen MR) is 62.0 cm³/mol. The number of hydrogen-bond donors (Lipinski definition) is 0. The van der Waals surface area contributed by atoms with Crippen molar-refractivity contribution in [2.75, 3.05) is 12.4 Å². The topological polar surface area (TPSA) is 39.2 Å². The number of hydrogen-bond acceptors (Lipinski definition) is 4. The first-order valence-electron chi connectivity index (χ1n) is 4.56. The third-order valence-corrected chi connectivity index (χ3v) is 2.78. The molecule has 0 aliphatic carbocycles. The summed E-state index contributed by atoms with van der Waals surface area (Å²) in [5, 5.41) is 0.481. The van der Waals surface area contributed by atoms with Gasteiger partial charge < -0.3 is 4.74 Å². The van der Waals surface area contributed by atoms with Crippen LogP contribution in [0.2, 0.25) is 5.15 Å². The van der Waals surface area contributed by atoms with E-state index >= 15 is 0 Å². The molecule has 0 N–H and O–H groups in total. The summed E-state index contributed by atoms with van der Waals surface area (Å²) < 4.78 is 4.80. The molecule has 0 saturated carbocycles. The van der Waals surface area contributed by atoms with Crippen molar-refractivity contribution in [3.8, 4) is 0 Å². The summed E-state index contributed by atoms with van der Waals surface area (Å²) in [7, 11) is 0. The van der Waals surface area contributed by atoms with Crippen molar-refractivity contribution in [2.24, 2.45) is 0 Å². The summed E-state index contributed by atoms with van der Waals surface area (Å²) in [6.45, 7) is 2.23. The molecule has 82 valence electrons. The molecule has 1 heterocycles. The van der Waals surface area contributed by atoms with E-state index in [1.54, 1.807) is 19.2 Å². The Bertz CT molecular complexity index is 316. The van der Waals surface area contributed by atoms with Crippen molar-refractivity contribution >= 4 is 29.3 Å². The molecule has 0 aliphatic rings. The molecular formula is C10H12ClNO2S. The fourth-order valence-electron chi connectivity index (χ4n) is 0.947. The zero-order valence-electron chi connectivity index (χ0n) is 8.40. The van der Waals surface area contributed by atoms with E-state index in [4.69, 9.17) is 16.3 Å². The molecule has 5 heteroatoms. The number of rotatable bonds is 5. The number of esters is 1. The van der Waals surface area contributed by atoms with Crippen molar-refractivity contribution in [3.63, 3.8) is 0 Å². The second-order valence-corrected chi connectivity index (χ2v) is 4.16. The number of pyridine rings is 1. The summed E-state index contributed by atoms with van der Waals surface area (Å²) in [6.07, 6.45) is 1.71. The minimum absolute atomic E-state index is 0.176. The summed E-state index contributed by atoms with van der Waals surface area (Å²) in [4.78, 5) is 15.0. The van der Waals surface area contributed by atoms with Crippen molar-refractivity contribution in [1.29, 1.82) is 0 Å². The zero-order valence-corrected chi connectivity index (χ0v) is 9.98. The van der Waals surface area contributed by atoms with Crippen LogP contribution in [0.1, 0.15) is 12.5 Å². The van der Waals surface area contributed by atoms with Gasteiger partial charge in [-0.15, -0.1) is 11.8 Å². The van der Waals surface area contributed by atoms with Crippen LogP contribution in [-0.2, 0) is 15.3 Å². The summed E-state index contributed by atoms with van der Waals surface area (Å²) in [5.41, 5.74) is 1.05. The first-order valence-corrected chi connectivity index (χ1v) is 6.09. The SMILES string of the molecule is CCOC(=O)CSCc1ccc(Cl)nc1. The highest BCUT2D eigenvalue weighted by Gasteiger charge is 2.02. The Labute approximate surface area is 98.2 Å². The van der Waals surface area contributed by atoms with Gasteiger partial charge in [0.25, 0.3) is 0 Å². The monoisotopic (exact) mass is 245 g/mol. The van der Waals surface area contributed by atoms with Gasteiger partial charge in [-0.1, -0.05) is 17.7 Å². The van der Waals surface area contributed by atoms with Gasteiger partial charge in [-0.3, -0.25) is 4.79 Å². The predicted octanol–water partition coefficient (Wildman–Crippen LogP) is 2.53. The Morgan fingerprint density at radius 2 is 2.40 bits per heavy atom. The first kappa shape index (κ1) is 12.3. The number of carbonyl (C=O) groups excluding carboxylic acids is 1. The lowest BCUT2D eigenvalue weighted by Crippen LogP contribution is -2.06. The quantitative estimate of drug-likeness (QED) is 0.590. The van der Waals surface area contributed by atoms with E-state index in [1.165, 1.54) is 11.8 Å². The zero-order chi connectivity index (χ0) is 11.1. The molecule has 0 radical (unpaired) electrons. The van der Waals surface area contributed by atoms with E-state index in [2.05, 4.69) is 4.98 Å². The van der Waals surface area contributed by atoms with Gasteiger partial charge in [-0.25, -0.2) is 4.98 Å². The third kappa shape index (κ3) is 5.04. The fraction of sp³-hybridized carbons (Fsp3) is 0.400. The normalized spacial score (nSPS) is 10.0. The minimum atomic E-state index is -0.176. The summed E-state index contributed by atoms with van der Waals surface area (Å²) in [6, 6.07) is 3.63. The molecule has 1 aromatic rings. The van der Waals surface area contributed by atoms with Gasteiger partial charge in [0.2, 0.25) is 0 Å². The van der Waals surface area contributed by atoms with E-state index in [-0.39, 0.29) is 5.97 Å². The second-order valence-electron chi connectivity index (χ2n) is 2.79. The van der Waals surface area contributed by atoms with Crippen LogP contribution in [0.15, 0.2) is 18.3 Å². The van der Waals surface area contributed by atoms with Crippen LogP contribution in [0.25, 0.3) is 0 Å². The third-order valence-electron chi connectivity index (χ3n) is 1.58. The van der Waals surface area contributed by atoms with Crippen molar-refractivity contribution in [3.05, 3.63) is 29.0 Å². The molecule has 0 aromatic carbocycles. The van der Waals surface area contributed by atoms with Gasteiger partial charge in [0.05, 0.1) is 12.4 Å². The number of thioether (sulfide) groups is 1. The van der Waals surface area contributed by atoms with E-state index < -0.39 is 0 Å². The molecular weight excluding hydrogens is 234 g/mol. The Hall–Kier alpha value is -0.740. The van der Waals surface area contributed by atoms with Crippen LogP contribution >= 0.6 is 23.4 Å². The average molecular weight is 246 g/mol. The van der Waals surface area contributed by atoms with E-state index in [9.17, 15) is 4.79 Å². The van der Waals surface area contributed by atoms with Crippen LogP contribution in [0.4, 0.5) is 0 Å². The smallest absolute Gasteiger partial charge is 0.315 e. The number of carbonyl (C=O) groups is 1. The number of aromatic nitrogens is 1. The number of halogens is 1. The van der Waals surface area contributed by atoms with Gasteiger partial charge in [-0.05, 0) is 18.6 Å². The average Bonchev–Trinajstić information content (AvgIpc) is 2.21. The van der Waals surface area contributed by atoms with Crippen LogP contribution in [0.3, 0.4) is 0 Å². The molecule has 0 unspecified atom stereocenters.